The molecule has 11 atom stereocenters. The number of fused-ring (bicyclic) bond motifs is 3. The van der Waals surface area contributed by atoms with Crippen molar-refractivity contribution >= 4 is 73.8 Å². The van der Waals surface area contributed by atoms with Crippen LogP contribution >= 0.6 is 23.5 Å². The molecule has 1 aromatic carbocycles. The third-order valence-corrected chi connectivity index (χ3v) is 14.4. The first-order chi connectivity index (χ1) is 32.6. The molecule has 0 saturated carbocycles. The molecule has 0 spiro atoms. The van der Waals surface area contributed by atoms with Crippen LogP contribution in [0.25, 0.3) is 21.8 Å². The zero-order valence-corrected chi connectivity index (χ0v) is 40.2. The number of nitrogen functional groups attached to an aromatic ring is 1. The number of carbonyl (C=O) groups is 4. The molecule has 18 nitrogen and oxygen atoms in total. The number of ether oxygens (including phenoxy) is 6. The monoisotopic (exact) mass is 972 g/mol. The number of aliphatic hydroxyl groups excluding tert-OH is 2. The van der Waals surface area contributed by atoms with Crippen LogP contribution in [-0.4, -0.2) is 148 Å². The van der Waals surface area contributed by atoms with Gasteiger partial charge in [0, 0.05) is 78.0 Å². The molecule has 7 rings (SSSR count). The van der Waals surface area contributed by atoms with Crippen molar-refractivity contribution in [2.24, 2.45) is 5.84 Å². The Morgan fingerprint density at radius 2 is 1.91 bits per heavy atom. The first kappa shape index (κ1) is 50.8. The first-order valence-corrected chi connectivity index (χ1v) is 24.2. The number of alkyl carbamates (subject to hydrolysis) is 1. The molecule has 1 amide bonds. The van der Waals surface area contributed by atoms with Crippen molar-refractivity contribution < 1.29 is 57.8 Å². The highest BCUT2D eigenvalue weighted by molar-refractivity contribution is 8.13. The third-order valence-electron chi connectivity index (χ3n) is 12.3. The van der Waals surface area contributed by atoms with Gasteiger partial charge >= 0.3 is 6.09 Å². The predicted molar refractivity (Wildman–Crippen MR) is 257 cm³/mol. The number of allylic oxidation sites excluding steroid dienone is 2. The molecule has 3 aromatic rings. The number of ketones is 2. The number of benzene rings is 1. The van der Waals surface area contributed by atoms with Crippen LogP contribution in [0.15, 0.2) is 65.4 Å². The summed E-state index contributed by atoms with van der Waals surface area (Å²) in [6.07, 6.45) is -3.61. The van der Waals surface area contributed by atoms with Crippen LogP contribution in [-0.2, 0) is 38.0 Å². The largest absolute Gasteiger partial charge is 0.453 e. The van der Waals surface area contributed by atoms with Crippen molar-refractivity contribution in [2.75, 3.05) is 38.3 Å². The van der Waals surface area contributed by atoms with E-state index in [1.807, 2.05) is 26.0 Å². The SMILES string of the molecule is COC(=O)NC1C(=O)C[C@H](O)/C(=C/CSC(C)=O)C2=C1C#C/C=C\C#C[C@@H]2OC1OC(C)C(SC)(C(=O)c2nccc3c2[nH]c2ccc(NN)cc23)C(O)C1OC1CC(OC)C(NC(C)C)CO1. The fourth-order valence-electron chi connectivity index (χ4n) is 9.05. The Morgan fingerprint density at radius 1 is 1.13 bits per heavy atom. The van der Waals surface area contributed by atoms with E-state index < -0.39 is 78.0 Å². The van der Waals surface area contributed by atoms with Gasteiger partial charge in [-0.1, -0.05) is 55.4 Å². The molecular weight excluding hydrogens is 917 g/mol. The molecule has 0 radical (unpaired) electrons. The van der Waals surface area contributed by atoms with Crippen molar-refractivity contribution in [2.45, 2.75) is 113 Å². The van der Waals surface area contributed by atoms with Gasteiger partial charge < -0.3 is 59.7 Å². The highest BCUT2D eigenvalue weighted by Crippen LogP contribution is 2.46. The summed E-state index contributed by atoms with van der Waals surface area (Å²) in [5, 5.41) is 32.1. The number of hydrogen-bond donors (Lipinski definition) is 7. The average molecular weight is 973 g/mol. The Balaban J connectivity index is 1.35. The van der Waals surface area contributed by atoms with Crippen molar-refractivity contribution in [3.8, 4) is 23.7 Å². The molecule has 2 saturated heterocycles. The van der Waals surface area contributed by atoms with E-state index in [0.717, 1.165) is 41.5 Å². The maximum atomic E-state index is 15.4. The number of nitrogens with one attached hydrogen (secondary N) is 4. The summed E-state index contributed by atoms with van der Waals surface area (Å²) in [5.41, 5.74) is 4.81. The number of nitrogens with zero attached hydrogens (tertiary/aromatic N) is 1. The number of rotatable bonds is 14. The van der Waals surface area contributed by atoms with E-state index in [0.29, 0.717) is 16.6 Å². The number of hydrazine groups is 1. The highest BCUT2D eigenvalue weighted by atomic mass is 32.2. The lowest BCUT2D eigenvalue weighted by Crippen LogP contribution is -2.68. The lowest BCUT2D eigenvalue weighted by Gasteiger charge is -2.51. The van der Waals surface area contributed by atoms with Gasteiger partial charge in [-0.15, -0.1) is 11.8 Å². The summed E-state index contributed by atoms with van der Waals surface area (Å²) < 4.78 is 35.6. The zero-order chi connectivity index (χ0) is 48.9. The molecule has 68 heavy (non-hydrogen) atoms. The van der Waals surface area contributed by atoms with Crippen molar-refractivity contribution in [3.05, 3.63) is 71.1 Å². The summed E-state index contributed by atoms with van der Waals surface area (Å²) in [6, 6.07) is 5.74. The number of H-pyrrole nitrogens is 1. The van der Waals surface area contributed by atoms with Gasteiger partial charge in [-0.2, -0.15) is 0 Å². The number of amides is 1. The van der Waals surface area contributed by atoms with E-state index in [9.17, 15) is 24.6 Å². The lowest BCUT2D eigenvalue weighted by atomic mass is 9.83. The van der Waals surface area contributed by atoms with Gasteiger partial charge in [-0.25, -0.2) is 4.79 Å². The van der Waals surface area contributed by atoms with Gasteiger partial charge in [0.25, 0.3) is 0 Å². The zero-order valence-electron chi connectivity index (χ0n) is 38.6. The second kappa shape index (κ2) is 22.1. The van der Waals surface area contributed by atoms with E-state index in [1.165, 1.54) is 25.3 Å². The Bertz CT molecular complexity index is 2650. The molecule has 2 aliphatic heterocycles. The van der Waals surface area contributed by atoms with Gasteiger partial charge in [0.15, 0.2) is 23.5 Å². The number of Topliss-reactive ketones (excluding diaryl/α,β-unsaturated/α-hetero) is 2. The predicted octanol–water partition coefficient (Wildman–Crippen LogP) is 3.43. The summed E-state index contributed by atoms with van der Waals surface area (Å²) in [4.78, 5) is 62.1. The fourth-order valence-corrected chi connectivity index (χ4v) is 10.6. The second-order valence-corrected chi connectivity index (χ2v) is 19.1. The number of aromatic nitrogens is 2. The molecule has 2 aliphatic carbocycles. The van der Waals surface area contributed by atoms with Gasteiger partial charge in [0.2, 0.25) is 5.78 Å². The van der Waals surface area contributed by atoms with Crippen LogP contribution in [0.2, 0.25) is 0 Å². The molecule has 4 aliphatic rings. The highest BCUT2D eigenvalue weighted by Gasteiger charge is 2.61. The number of anilines is 1. The molecular formula is C48H56N6O12S2. The Kier molecular flexibility index (Phi) is 16.5. The van der Waals surface area contributed by atoms with Gasteiger partial charge in [-0.05, 0) is 55.2 Å². The number of nitrogens with two attached hydrogens (primary N) is 1. The quantitative estimate of drug-likeness (QED) is 0.0529. The number of aliphatic hydroxyl groups is 2. The average Bonchev–Trinajstić information content (AvgIpc) is 3.70. The minimum atomic E-state index is -1.79. The van der Waals surface area contributed by atoms with Crippen molar-refractivity contribution in [3.63, 3.8) is 0 Å². The molecule has 0 bridgehead atoms. The van der Waals surface area contributed by atoms with Crippen LogP contribution in [0.5, 0.6) is 0 Å². The van der Waals surface area contributed by atoms with E-state index >= 15 is 4.79 Å². The molecule has 8 N–H and O–H groups in total. The minimum Gasteiger partial charge on any atom is -0.453 e. The lowest BCUT2D eigenvalue weighted by molar-refractivity contribution is -0.322. The molecule has 20 heteroatoms. The number of carbonyl (C=O) groups excluding carboxylic acids is 4. The van der Waals surface area contributed by atoms with Crippen LogP contribution < -0.4 is 21.9 Å². The Hall–Kier alpha value is -5.07. The van der Waals surface area contributed by atoms with Crippen LogP contribution in [0.1, 0.15) is 51.0 Å². The van der Waals surface area contributed by atoms with E-state index in [1.54, 1.807) is 38.5 Å². The summed E-state index contributed by atoms with van der Waals surface area (Å²) in [7, 11) is 2.73. The number of hydrogen-bond acceptors (Lipinski definition) is 18. The number of pyridine rings is 1. The third kappa shape index (κ3) is 10.4. The summed E-state index contributed by atoms with van der Waals surface area (Å²) >= 11 is 2.03. The van der Waals surface area contributed by atoms with E-state index in [4.69, 9.17) is 34.3 Å². The summed E-state index contributed by atoms with van der Waals surface area (Å²) in [6.45, 7) is 7.23. The van der Waals surface area contributed by atoms with Crippen LogP contribution in [0.4, 0.5) is 10.5 Å². The van der Waals surface area contributed by atoms with E-state index in [2.05, 4.69) is 49.7 Å². The van der Waals surface area contributed by atoms with Crippen LogP contribution in [0.3, 0.4) is 0 Å². The maximum absolute atomic E-state index is 15.4. The topological polar surface area (TPSA) is 255 Å². The Morgan fingerprint density at radius 3 is 2.62 bits per heavy atom. The molecule has 2 fully saturated rings. The smallest absolute Gasteiger partial charge is 0.407 e. The first-order valence-electron chi connectivity index (χ1n) is 22.0. The normalized spacial score (nSPS) is 30.5. The van der Waals surface area contributed by atoms with Gasteiger partial charge in [-0.3, -0.25) is 25.2 Å². The van der Waals surface area contributed by atoms with Gasteiger partial charge in [0.05, 0.1) is 43.6 Å². The Labute approximate surface area is 402 Å². The number of methoxy groups -OCH3 is 2. The molecule has 4 heterocycles. The molecule has 9 unspecified atom stereocenters. The van der Waals surface area contributed by atoms with Crippen LogP contribution in [0, 0.1) is 23.7 Å². The summed E-state index contributed by atoms with van der Waals surface area (Å²) in [5.74, 6) is 16.5. The number of aromatic amines is 1. The van der Waals surface area contributed by atoms with Crippen molar-refractivity contribution in [1.82, 2.24) is 20.6 Å². The number of thioether (sulfide) groups is 2. The molecule has 362 valence electrons. The minimum absolute atomic E-state index is 0.0338. The van der Waals surface area contributed by atoms with Crippen molar-refractivity contribution in [1.29, 1.82) is 0 Å². The fraction of sp³-hybridized carbons (Fsp3) is 0.479. The maximum Gasteiger partial charge on any atom is 0.407 e. The standard InChI is InChI=1S/C48H56N6O12S2/c1-24(2)51-33-23-63-38(22-37(33)61-5)66-43-45(59)48(67-7,44(58)42-41-28(16-18-50-42)31-20-27(54-49)14-15-32(31)52-41)25(3)64-46(43)65-36-13-11-9-8-10-12-30-39(36)29(17-19-68-26(4)55)34(56)21-35(57)40(30)53-47(60)62-6/h8-9,14-18,20,24-25,33-34,36-38,40,43,45-46,51-52,54,56,59H,19,21-23,49H2,1-7H3,(H,53,60)/b9-8-,29-17-/t25?,33?,34-,36-,37?,38?,40?,43?,45?,46?,48?/m0/s1. The van der Waals surface area contributed by atoms with E-state index in [-0.39, 0.29) is 64.5 Å². The van der Waals surface area contributed by atoms with Gasteiger partial charge in [0.1, 0.15) is 34.8 Å². The second-order valence-electron chi connectivity index (χ2n) is 16.8. The molecule has 2 aromatic heterocycles.